The van der Waals surface area contributed by atoms with Crippen LogP contribution >= 0.6 is 0 Å². The Kier molecular flexibility index (Phi) is 6.05. The van der Waals surface area contributed by atoms with Crippen LogP contribution in [0.25, 0.3) is 0 Å². The van der Waals surface area contributed by atoms with Crippen LogP contribution in [0.3, 0.4) is 0 Å². The molecule has 0 aliphatic carbocycles. The van der Waals surface area contributed by atoms with Gasteiger partial charge < -0.3 is 15.3 Å². The minimum atomic E-state index is -0.162. The molecule has 3 atom stereocenters. The summed E-state index contributed by atoms with van der Waals surface area (Å²) in [7, 11) is 6.23. The first-order chi connectivity index (χ1) is 8.41. The number of nitrogens with one attached hydrogen (secondary N) is 1. The quantitative estimate of drug-likeness (QED) is 0.706. The van der Waals surface area contributed by atoms with Crippen LogP contribution in [0.1, 0.15) is 33.1 Å². The third kappa shape index (κ3) is 4.19. The number of hydrogen-bond acceptors (Lipinski definition) is 4. The van der Waals surface area contributed by atoms with Crippen molar-refractivity contribution < 1.29 is 5.11 Å². The van der Waals surface area contributed by atoms with E-state index in [1.165, 1.54) is 19.4 Å². The topological polar surface area (TPSA) is 38.7 Å². The Balaban J connectivity index is 2.57. The zero-order valence-corrected chi connectivity index (χ0v) is 12.7. The van der Waals surface area contributed by atoms with Gasteiger partial charge in [-0.1, -0.05) is 0 Å². The number of aliphatic hydroxyl groups excluding tert-OH is 1. The van der Waals surface area contributed by atoms with E-state index in [1.807, 2.05) is 7.05 Å². The standard InChI is InChI=1S/C14H31N3O/c1-12(9-14(2,11-18)15-3)17-8-6-7-13(17)10-16(4)5/h12-13,15,18H,6-11H2,1-5H3. The Morgan fingerprint density at radius 1 is 1.50 bits per heavy atom. The van der Waals surface area contributed by atoms with Gasteiger partial charge in [-0.05, 0) is 60.8 Å². The van der Waals surface area contributed by atoms with Gasteiger partial charge in [0.05, 0.1) is 6.61 Å². The smallest absolute Gasteiger partial charge is 0.0611 e. The number of hydrogen-bond donors (Lipinski definition) is 2. The SMILES string of the molecule is CNC(C)(CO)CC(C)N1CCCC1CN(C)C. The van der Waals surface area contributed by atoms with E-state index >= 15 is 0 Å². The lowest BCUT2D eigenvalue weighted by molar-refractivity contribution is 0.103. The van der Waals surface area contributed by atoms with Gasteiger partial charge in [0.25, 0.3) is 0 Å². The summed E-state index contributed by atoms with van der Waals surface area (Å²) in [5, 5.41) is 12.8. The molecule has 0 radical (unpaired) electrons. The zero-order valence-electron chi connectivity index (χ0n) is 12.7. The molecule has 0 aromatic carbocycles. The molecule has 18 heavy (non-hydrogen) atoms. The highest BCUT2D eigenvalue weighted by atomic mass is 16.3. The van der Waals surface area contributed by atoms with E-state index in [1.54, 1.807) is 0 Å². The van der Waals surface area contributed by atoms with E-state index in [2.05, 4.69) is 43.1 Å². The average molecular weight is 257 g/mol. The molecule has 1 saturated heterocycles. The largest absolute Gasteiger partial charge is 0.394 e. The van der Waals surface area contributed by atoms with Crippen molar-refractivity contribution >= 4 is 0 Å². The van der Waals surface area contributed by atoms with E-state index < -0.39 is 0 Å². The third-order valence-corrected chi connectivity index (χ3v) is 4.26. The first-order valence-electron chi connectivity index (χ1n) is 7.12. The summed E-state index contributed by atoms with van der Waals surface area (Å²) in [5.74, 6) is 0. The number of nitrogens with zero attached hydrogens (tertiary/aromatic N) is 2. The van der Waals surface area contributed by atoms with Crippen LogP contribution in [-0.4, -0.2) is 73.4 Å². The first-order valence-corrected chi connectivity index (χ1v) is 7.12. The summed E-state index contributed by atoms with van der Waals surface area (Å²) in [6, 6.07) is 1.19. The summed E-state index contributed by atoms with van der Waals surface area (Å²) >= 11 is 0. The summed E-state index contributed by atoms with van der Waals surface area (Å²) in [4.78, 5) is 4.89. The van der Waals surface area contributed by atoms with Crippen molar-refractivity contribution in [3.05, 3.63) is 0 Å². The predicted octanol–water partition coefficient (Wildman–Crippen LogP) is 0.761. The molecule has 1 aliphatic heterocycles. The second-order valence-corrected chi connectivity index (χ2v) is 6.32. The van der Waals surface area contributed by atoms with E-state index in [-0.39, 0.29) is 12.1 Å². The van der Waals surface area contributed by atoms with E-state index in [9.17, 15) is 5.11 Å². The molecule has 0 aromatic heterocycles. The van der Waals surface area contributed by atoms with Gasteiger partial charge in [0.15, 0.2) is 0 Å². The molecule has 1 rings (SSSR count). The molecular weight excluding hydrogens is 226 g/mol. The van der Waals surface area contributed by atoms with Gasteiger partial charge >= 0.3 is 0 Å². The monoisotopic (exact) mass is 257 g/mol. The fourth-order valence-corrected chi connectivity index (χ4v) is 3.07. The molecule has 3 unspecified atom stereocenters. The highest BCUT2D eigenvalue weighted by molar-refractivity contribution is 4.90. The molecule has 2 N–H and O–H groups in total. The van der Waals surface area contributed by atoms with Crippen molar-refractivity contribution in [2.75, 3.05) is 40.8 Å². The molecule has 0 aromatic rings. The van der Waals surface area contributed by atoms with Gasteiger partial charge in [-0.3, -0.25) is 4.90 Å². The van der Waals surface area contributed by atoms with Crippen molar-refractivity contribution in [1.29, 1.82) is 0 Å². The van der Waals surface area contributed by atoms with Crippen LogP contribution in [-0.2, 0) is 0 Å². The minimum Gasteiger partial charge on any atom is -0.394 e. The number of rotatable bonds is 7. The van der Waals surface area contributed by atoms with Crippen LogP contribution < -0.4 is 5.32 Å². The van der Waals surface area contributed by atoms with Gasteiger partial charge in [0.1, 0.15) is 0 Å². The summed E-state index contributed by atoms with van der Waals surface area (Å²) in [6.45, 7) is 6.92. The van der Waals surface area contributed by atoms with Gasteiger partial charge in [-0.15, -0.1) is 0 Å². The maximum Gasteiger partial charge on any atom is 0.0611 e. The Morgan fingerprint density at radius 2 is 2.17 bits per heavy atom. The number of likely N-dealkylation sites (N-methyl/N-ethyl adjacent to an activating group) is 2. The molecule has 0 amide bonds. The van der Waals surface area contributed by atoms with Crippen LogP contribution in [0.2, 0.25) is 0 Å². The van der Waals surface area contributed by atoms with Gasteiger partial charge in [-0.2, -0.15) is 0 Å². The predicted molar refractivity (Wildman–Crippen MR) is 76.9 cm³/mol. The summed E-state index contributed by atoms with van der Waals surface area (Å²) in [6.07, 6.45) is 3.60. The van der Waals surface area contributed by atoms with E-state index in [0.717, 1.165) is 13.0 Å². The molecule has 1 fully saturated rings. The van der Waals surface area contributed by atoms with Crippen LogP contribution in [0.15, 0.2) is 0 Å². The highest BCUT2D eigenvalue weighted by Gasteiger charge is 2.32. The van der Waals surface area contributed by atoms with Crippen molar-refractivity contribution in [1.82, 2.24) is 15.1 Å². The lowest BCUT2D eigenvalue weighted by Gasteiger charge is -2.37. The van der Waals surface area contributed by atoms with Crippen LogP contribution in [0, 0.1) is 0 Å². The Hall–Kier alpha value is -0.160. The molecular formula is C14H31N3O. The van der Waals surface area contributed by atoms with Crippen molar-refractivity contribution in [3.8, 4) is 0 Å². The molecule has 1 heterocycles. The van der Waals surface area contributed by atoms with Crippen molar-refractivity contribution in [2.45, 2.75) is 50.7 Å². The Morgan fingerprint density at radius 3 is 2.67 bits per heavy atom. The second-order valence-electron chi connectivity index (χ2n) is 6.32. The molecule has 4 heteroatoms. The van der Waals surface area contributed by atoms with Crippen molar-refractivity contribution in [3.63, 3.8) is 0 Å². The number of aliphatic hydroxyl groups is 1. The summed E-state index contributed by atoms with van der Waals surface area (Å²) < 4.78 is 0. The zero-order chi connectivity index (χ0) is 13.8. The second kappa shape index (κ2) is 6.85. The van der Waals surface area contributed by atoms with E-state index in [4.69, 9.17) is 0 Å². The van der Waals surface area contributed by atoms with E-state index in [0.29, 0.717) is 12.1 Å². The third-order valence-electron chi connectivity index (χ3n) is 4.26. The minimum absolute atomic E-state index is 0.162. The lowest BCUT2D eigenvalue weighted by Crippen LogP contribution is -2.51. The van der Waals surface area contributed by atoms with Gasteiger partial charge in [0, 0.05) is 24.2 Å². The number of likely N-dealkylation sites (tertiary alicyclic amines) is 1. The maximum atomic E-state index is 9.50. The first kappa shape index (κ1) is 15.9. The van der Waals surface area contributed by atoms with Crippen LogP contribution in [0.4, 0.5) is 0 Å². The molecule has 0 saturated carbocycles. The van der Waals surface area contributed by atoms with Crippen LogP contribution in [0.5, 0.6) is 0 Å². The van der Waals surface area contributed by atoms with Gasteiger partial charge in [0.2, 0.25) is 0 Å². The van der Waals surface area contributed by atoms with Gasteiger partial charge in [-0.25, -0.2) is 0 Å². The molecule has 4 nitrogen and oxygen atoms in total. The summed E-state index contributed by atoms with van der Waals surface area (Å²) in [5.41, 5.74) is -0.162. The maximum absolute atomic E-state index is 9.50. The highest BCUT2D eigenvalue weighted by Crippen LogP contribution is 2.25. The molecule has 0 spiro atoms. The fraction of sp³-hybridized carbons (Fsp3) is 1.00. The fourth-order valence-electron chi connectivity index (χ4n) is 3.07. The average Bonchev–Trinajstić information content (AvgIpc) is 2.76. The lowest BCUT2D eigenvalue weighted by atomic mass is 9.93. The Bertz CT molecular complexity index is 241. The molecule has 1 aliphatic rings. The normalized spacial score (nSPS) is 26.5. The molecule has 0 bridgehead atoms. The Labute approximate surface area is 112 Å². The molecule has 108 valence electrons. The van der Waals surface area contributed by atoms with Crippen molar-refractivity contribution in [2.24, 2.45) is 0 Å².